The molecule has 156 valence electrons. The summed E-state index contributed by atoms with van der Waals surface area (Å²) in [5.74, 6) is -0.922. The molecular weight excluding hydrogens is 384 g/mol. The highest BCUT2D eigenvalue weighted by atomic mass is 16.5. The SMILES string of the molecule is Cc1cc(C)cc(C(=O)NCC(=O)OCC(=O)N[C@H](C)c2cc3ccccc3o2)c1. The fraction of sp³-hybridized carbons (Fsp3) is 0.261. The fourth-order valence-corrected chi connectivity index (χ4v) is 3.13. The molecule has 3 rings (SSSR count). The number of esters is 1. The van der Waals surface area contributed by atoms with Crippen LogP contribution in [0.4, 0.5) is 0 Å². The third-order valence-corrected chi connectivity index (χ3v) is 4.49. The molecule has 1 heterocycles. The quantitative estimate of drug-likeness (QED) is 0.585. The number of aryl methyl sites for hydroxylation is 2. The Morgan fingerprint density at radius 3 is 2.43 bits per heavy atom. The van der Waals surface area contributed by atoms with E-state index in [1.54, 1.807) is 19.1 Å². The summed E-state index contributed by atoms with van der Waals surface area (Å²) in [5.41, 5.74) is 3.12. The smallest absolute Gasteiger partial charge is 0.325 e. The molecular formula is C23H24N2O5. The number of hydrogen-bond acceptors (Lipinski definition) is 5. The second-order valence-corrected chi connectivity index (χ2v) is 7.20. The number of para-hydroxylation sites is 1. The van der Waals surface area contributed by atoms with Crippen molar-refractivity contribution in [2.24, 2.45) is 0 Å². The van der Waals surface area contributed by atoms with Crippen LogP contribution < -0.4 is 10.6 Å². The number of hydrogen-bond donors (Lipinski definition) is 2. The van der Waals surface area contributed by atoms with E-state index in [-0.39, 0.29) is 18.5 Å². The standard InChI is InChI=1S/C23H24N2O5/c1-14-8-15(2)10-18(9-14)23(28)24-12-22(27)29-13-21(26)25-16(3)20-11-17-6-4-5-7-19(17)30-20/h4-11,16H,12-13H2,1-3H3,(H,24,28)(H,25,26)/t16-/m1/s1. The first-order chi connectivity index (χ1) is 14.3. The minimum Gasteiger partial charge on any atom is -0.459 e. The highest BCUT2D eigenvalue weighted by Gasteiger charge is 2.16. The Morgan fingerprint density at radius 2 is 1.73 bits per heavy atom. The van der Waals surface area contributed by atoms with Crippen molar-refractivity contribution in [3.05, 3.63) is 71.0 Å². The number of carbonyl (C=O) groups is 3. The molecule has 7 nitrogen and oxygen atoms in total. The largest absolute Gasteiger partial charge is 0.459 e. The van der Waals surface area contributed by atoms with Gasteiger partial charge in [0.1, 0.15) is 17.9 Å². The highest BCUT2D eigenvalue weighted by molar-refractivity contribution is 5.96. The van der Waals surface area contributed by atoms with Crippen molar-refractivity contribution in [1.29, 1.82) is 0 Å². The van der Waals surface area contributed by atoms with Gasteiger partial charge >= 0.3 is 5.97 Å². The topological polar surface area (TPSA) is 97.6 Å². The molecule has 3 aromatic rings. The first-order valence-corrected chi connectivity index (χ1v) is 9.62. The second kappa shape index (κ2) is 9.26. The zero-order valence-corrected chi connectivity index (χ0v) is 17.2. The molecule has 7 heteroatoms. The van der Waals surface area contributed by atoms with Crippen molar-refractivity contribution in [1.82, 2.24) is 10.6 Å². The van der Waals surface area contributed by atoms with Gasteiger partial charge in [0.15, 0.2) is 6.61 Å². The Bertz CT molecular complexity index is 1030. The predicted octanol–water partition coefficient (Wildman–Crippen LogP) is 3.20. The summed E-state index contributed by atoms with van der Waals surface area (Å²) < 4.78 is 10.6. The summed E-state index contributed by atoms with van der Waals surface area (Å²) in [7, 11) is 0. The van der Waals surface area contributed by atoms with Gasteiger partial charge < -0.3 is 19.8 Å². The van der Waals surface area contributed by atoms with Crippen molar-refractivity contribution in [3.8, 4) is 0 Å². The maximum atomic E-state index is 12.2. The minimum atomic E-state index is -0.695. The molecule has 0 aliphatic carbocycles. The highest BCUT2D eigenvalue weighted by Crippen LogP contribution is 2.23. The Labute approximate surface area is 174 Å². The summed E-state index contributed by atoms with van der Waals surface area (Å²) in [5, 5.41) is 6.16. The van der Waals surface area contributed by atoms with Gasteiger partial charge in [-0.3, -0.25) is 14.4 Å². The maximum Gasteiger partial charge on any atom is 0.325 e. The van der Waals surface area contributed by atoms with E-state index in [2.05, 4.69) is 10.6 Å². The van der Waals surface area contributed by atoms with Crippen LogP contribution in [0.25, 0.3) is 11.0 Å². The first-order valence-electron chi connectivity index (χ1n) is 9.62. The average molecular weight is 408 g/mol. The molecule has 0 unspecified atom stereocenters. The molecule has 30 heavy (non-hydrogen) atoms. The van der Waals surface area contributed by atoms with Gasteiger partial charge in [-0.1, -0.05) is 35.4 Å². The van der Waals surface area contributed by atoms with Crippen LogP contribution in [0.5, 0.6) is 0 Å². The summed E-state index contributed by atoms with van der Waals surface area (Å²) in [6, 6.07) is 14.5. The summed E-state index contributed by atoms with van der Waals surface area (Å²) >= 11 is 0. The van der Waals surface area contributed by atoms with E-state index in [4.69, 9.17) is 9.15 Å². The Kier molecular flexibility index (Phi) is 6.51. The van der Waals surface area contributed by atoms with E-state index in [0.29, 0.717) is 11.3 Å². The van der Waals surface area contributed by atoms with Crippen LogP contribution in [-0.2, 0) is 14.3 Å². The van der Waals surface area contributed by atoms with E-state index >= 15 is 0 Å². The summed E-state index contributed by atoms with van der Waals surface area (Å²) in [4.78, 5) is 36.1. The van der Waals surface area contributed by atoms with Gasteiger partial charge in [-0.15, -0.1) is 0 Å². The van der Waals surface area contributed by atoms with Crippen LogP contribution in [-0.4, -0.2) is 30.9 Å². The minimum absolute atomic E-state index is 0.321. The Hall–Kier alpha value is -3.61. The average Bonchev–Trinajstić information content (AvgIpc) is 3.14. The lowest BCUT2D eigenvalue weighted by Crippen LogP contribution is -2.34. The van der Waals surface area contributed by atoms with Gasteiger partial charge in [-0.05, 0) is 45.0 Å². The van der Waals surface area contributed by atoms with E-state index in [0.717, 1.165) is 22.1 Å². The van der Waals surface area contributed by atoms with Gasteiger partial charge in [-0.25, -0.2) is 0 Å². The van der Waals surface area contributed by atoms with Gasteiger partial charge in [-0.2, -0.15) is 0 Å². The molecule has 0 aliphatic heterocycles. The number of furan rings is 1. The molecule has 0 saturated carbocycles. The molecule has 0 bridgehead atoms. The zero-order valence-electron chi connectivity index (χ0n) is 17.2. The lowest BCUT2D eigenvalue weighted by molar-refractivity contribution is -0.147. The number of fused-ring (bicyclic) bond motifs is 1. The van der Waals surface area contributed by atoms with Crippen molar-refractivity contribution < 1.29 is 23.5 Å². The van der Waals surface area contributed by atoms with Gasteiger partial charge in [0.2, 0.25) is 0 Å². The number of nitrogens with one attached hydrogen (secondary N) is 2. The molecule has 0 fully saturated rings. The number of benzene rings is 2. The van der Waals surface area contributed by atoms with Crippen molar-refractivity contribution in [2.75, 3.05) is 13.2 Å². The van der Waals surface area contributed by atoms with E-state index in [1.165, 1.54) is 0 Å². The predicted molar refractivity (Wildman–Crippen MR) is 112 cm³/mol. The lowest BCUT2D eigenvalue weighted by Gasteiger charge is -2.12. The maximum absolute atomic E-state index is 12.2. The number of ether oxygens (including phenoxy) is 1. The molecule has 2 amide bonds. The number of rotatable bonds is 7. The van der Waals surface area contributed by atoms with E-state index < -0.39 is 18.5 Å². The van der Waals surface area contributed by atoms with Crippen LogP contribution >= 0.6 is 0 Å². The molecule has 0 aliphatic rings. The Balaban J connectivity index is 1.43. The molecule has 0 spiro atoms. The van der Waals surface area contributed by atoms with Crippen molar-refractivity contribution >= 4 is 28.8 Å². The molecule has 2 N–H and O–H groups in total. The molecule has 1 aromatic heterocycles. The monoisotopic (exact) mass is 408 g/mol. The molecule has 0 saturated heterocycles. The summed E-state index contributed by atoms with van der Waals surface area (Å²) in [6.45, 7) is 4.80. The van der Waals surface area contributed by atoms with Gasteiger partial charge in [0.05, 0.1) is 6.04 Å². The van der Waals surface area contributed by atoms with E-state index in [9.17, 15) is 14.4 Å². The second-order valence-electron chi connectivity index (χ2n) is 7.20. The van der Waals surface area contributed by atoms with Crippen molar-refractivity contribution in [2.45, 2.75) is 26.8 Å². The number of carbonyl (C=O) groups excluding carboxylic acids is 3. The van der Waals surface area contributed by atoms with Gasteiger partial charge in [0.25, 0.3) is 11.8 Å². The van der Waals surface area contributed by atoms with Crippen LogP contribution in [0.1, 0.15) is 40.2 Å². The summed E-state index contributed by atoms with van der Waals surface area (Å²) in [6.07, 6.45) is 0. The number of amides is 2. The molecule has 0 radical (unpaired) electrons. The van der Waals surface area contributed by atoms with E-state index in [1.807, 2.05) is 50.2 Å². The fourth-order valence-electron chi connectivity index (χ4n) is 3.13. The van der Waals surface area contributed by atoms with Crippen LogP contribution in [0, 0.1) is 13.8 Å². The van der Waals surface area contributed by atoms with Crippen LogP contribution in [0.3, 0.4) is 0 Å². The molecule has 2 aromatic carbocycles. The normalized spacial score (nSPS) is 11.7. The Morgan fingerprint density at radius 1 is 1.03 bits per heavy atom. The van der Waals surface area contributed by atoms with Crippen molar-refractivity contribution in [3.63, 3.8) is 0 Å². The van der Waals surface area contributed by atoms with Crippen LogP contribution in [0.15, 0.2) is 52.9 Å². The third kappa shape index (κ3) is 5.47. The van der Waals surface area contributed by atoms with Crippen LogP contribution in [0.2, 0.25) is 0 Å². The molecule has 1 atom stereocenters. The third-order valence-electron chi connectivity index (χ3n) is 4.49. The zero-order chi connectivity index (χ0) is 21.7. The van der Waals surface area contributed by atoms with Gasteiger partial charge in [0, 0.05) is 10.9 Å². The first kappa shape index (κ1) is 21.1. The lowest BCUT2D eigenvalue weighted by atomic mass is 10.1.